The summed E-state index contributed by atoms with van der Waals surface area (Å²) >= 11 is 0. The largest absolute Gasteiger partial charge is 0.380 e. The van der Waals surface area contributed by atoms with Crippen LogP contribution in [-0.2, 0) is 11.3 Å². The van der Waals surface area contributed by atoms with E-state index >= 15 is 0 Å². The van der Waals surface area contributed by atoms with Crippen molar-refractivity contribution >= 4 is 0 Å². The maximum Gasteiger partial charge on any atom is 0.0713 e. The van der Waals surface area contributed by atoms with Crippen molar-refractivity contribution in [1.82, 2.24) is 4.90 Å². The van der Waals surface area contributed by atoms with E-state index in [1.807, 2.05) is 0 Å². The van der Waals surface area contributed by atoms with E-state index in [4.69, 9.17) is 10.5 Å². The van der Waals surface area contributed by atoms with Crippen LogP contribution in [0, 0.1) is 5.92 Å². The first kappa shape index (κ1) is 15.5. The standard InChI is InChI=1S/C17H28N2O/c1-3-14-8-10-19(11-9-14)17(12-18)16-6-4-15(5-7-16)13-20-2/h4-7,14,17H,3,8-13,18H2,1-2H3. The fourth-order valence-electron chi connectivity index (χ4n) is 3.17. The molecule has 0 bridgehead atoms. The van der Waals surface area contributed by atoms with Crippen molar-refractivity contribution in [3.8, 4) is 0 Å². The second kappa shape index (κ2) is 7.77. The number of ether oxygens (including phenoxy) is 1. The van der Waals surface area contributed by atoms with Crippen LogP contribution >= 0.6 is 0 Å². The Balaban J connectivity index is 2.00. The lowest BCUT2D eigenvalue weighted by Gasteiger charge is -2.37. The third-order valence-electron chi connectivity index (χ3n) is 4.57. The fourth-order valence-corrected chi connectivity index (χ4v) is 3.17. The Hall–Kier alpha value is -0.900. The van der Waals surface area contributed by atoms with E-state index in [0.717, 1.165) is 5.92 Å². The number of piperidine rings is 1. The van der Waals surface area contributed by atoms with Crippen LogP contribution < -0.4 is 5.73 Å². The van der Waals surface area contributed by atoms with Gasteiger partial charge < -0.3 is 10.5 Å². The molecule has 0 aliphatic carbocycles. The monoisotopic (exact) mass is 276 g/mol. The van der Waals surface area contributed by atoms with Gasteiger partial charge in [-0.05, 0) is 43.0 Å². The molecule has 0 amide bonds. The Morgan fingerprint density at radius 3 is 2.40 bits per heavy atom. The van der Waals surface area contributed by atoms with Crippen molar-refractivity contribution in [2.45, 2.75) is 38.8 Å². The van der Waals surface area contributed by atoms with E-state index in [1.54, 1.807) is 7.11 Å². The predicted octanol–water partition coefficient (Wildman–Crippen LogP) is 2.95. The number of benzene rings is 1. The van der Waals surface area contributed by atoms with E-state index in [-0.39, 0.29) is 0 Å². The summed E-state index contributed by atoms with van der Waals surface area (Å²) in [7, 11) is 1.73. The number of hydrogen-bond donors (Lipinski definition) is 1. The average Bonchev–Trinajstić information content (AvgIpc) is 2.51. The van der Waals surface area contributed by atoms with E-state index in [9.17, 15) is 0 Å². The van der Waals surface area contributed by atoms with E-state index in [0.29, 0.717) is 19.2 Å². The molecule has 1 fully saturated rings. The highest BCUT2D eigenvalue weighted by atomic mass is 16.5. The highest BCUT2D eigenvalue weighted by molar-refractivity contribution is 5.25. The molecular weight excluding hydrogens is 248 g/mol. The van der Waals surface area contributed by atoms with Gasteiger partial charge in [0.15, 0.2) is 0 Å². The van der Waals surface area contributed by atoms with Gasteiger partial charge in [0, 0.05) is 19.7 Å². The summed E-state index contributed by atoms with van der Waals surface area (Å²) in [4.78, 5) is 2.55. The van der Waals surface area contributed by atoms with Crippen molar-refractivity contribution in [1.29, 1.82) is 0 Å². The molecule has 1 aliphatic heterocycles. The van der Waals surface area contributed by atoms with Gasteiger partial charge in [0.25, 0.3) is 0 Å². The zero-order valence-electron chi connectivity index (χ0n) is 12.8. The number of hydrogen-bond acceptors (Lipinski definition) is 3. The Labute approximate surface area is 123 Å². The van der Waals surface area contributed by atoms with Gasteiger partial charge in [0.1, 0.15) is 0 Å². The maximum atomic E-state index is 6.03. The summed E-state index contributed by atoms with van der Waals surface area (Å²) in [5, 5.41) is 0. The molecule has 1 saturated heterocycles. The van der Waals surface area contributed by atoms with Crippen molar-refractivity contribution in [3.63, 3.8) is 0 Å². The summed E-state index contributed by atoms with van der Waals surface area (Å²) in [6, 6.07) is 9.08. The third-order valence-corrected chi connectivity index (χ3v) is 4.57. The number of nitrogens with zero attached hydrogens (tertiary/aromatic N) is 1. The lowest BCUT2D eigenvalue weighted by molar-refractivity contribution is 0.134. The topological polar surface area (TPSA) is 38.5 Å². The van der Waals surface area contributed by atoms with Crippen LogP contribution in [0.3, 0.4) is 0 Å². The van der Waals surface area contributed by atoms with Crippen molar-refractivity contribution in [2.75, 3.05) is 26.7 Å². The molecule has 1 unspecified atom stereocenters. The molecule has 112 valence electrons. The lowest BCUT2D eigenvalue weighted by Crippen LogP contribution is -2.39. The Morgan fingerprint density at radius 1 is 1.25 bits per heavy atom. The van der Waals surface area contributed by atoms with Crippen molar-refractivity contribution in [2.24, 2.45) is 11.7 Å². The molecule has 1 aromatic rings. The van der Waals surface area contributed by atoms with Crippen LogP contribution in [0.2, 0.25) is 0 Å². The maximum absolute atomic E-state index is 6.03. The quantitative estimate of drug-likeness (QED) is 0.868. The average molecular weight is 276 g/mol. The van der Waals surface area contributed by atoms with Crippen LogP contribution in [0.1, 0.15) is 43.4 Å². The predicted molar refractivity (Wildman–Crippen MR) is 83.5 cm³/mol. The van der Waals surface area contributed by atoms with Gasteiger partial charge in [-0.3, -0.25) is 4.90 Å². The molecule has 1 atom stereocenters. The summed E-state index contributed by atoms with van der Waals surface area (Å²) in [5.74, 6) is 0.911. The van der Waals surface area contributed by atoms with E-state index in [2.05, 4.69) is 36.1 Å². The molecule has 0 spiro atoms. The normalized spacial score (nSPS) is 19.1. The number of likely N-dealkylation sites (tertiary alicyclic amines) is 1. The Bertz CT molecular complexity index is 382. The zero-order chi connectivity index (χ0) is 14.4. The molecule has 1 aromatic carbocycles. The first-order chi connectivity index (χ1) is 9.78. The number of methoxy groups -OCH3 is 1. The molecule has 2 N–H and O–H groups in total. The number of nitrogens with two attached hydrogens (primary N) is 1. The molecule has 2 rings (SSSR count). The Kier molecular flexibility index (Phi) is 6.02. The van der Waals surface area contributed by atoms with Crippen LogP contribution in [0.25, 0.3) is 0 Å². The van der Waals surface area contributed by atoms with Crippen molar-refractivity contribution in [3.05, 3.63) is 35.4 Å². The smallest absolute Gasteiger partial charge is 0.0713 e. The molecule has 1 aliphatic rings. The van der Waals surface area contributed by atoms with Gasteiger partial charge in [-0.15, -0.1) is 0 Å². The Morgan fingerprint density at radius 2 is 1.90 bits per heavy atom. The van der Waals surface area contributed by atoms with Gasteiger partial charge in [0.2, 0.25) is 0 Å². The molecular formula is C17H28N2O. The van der Waals surface area contributed by atoms with Gasteiger partial charge in [0.05, 0.1) is 6.61 Å². The van der Waals surface area contributed by atoms with E-state index < -0.39 is 0 Å². The second-order valence-electron chi connectivity index (χ2n) is 5.81. The van der Waals surface area contributed by atoms with Gasteiger partial charge in [-0.2, -0.15) is 0 Å². The first-order valence-electron chi connectivity index (χ1n) is 7.80. The van der Waals surface area contributed by atoms with Crippen LogP contribution in [-0.4, -0.2) is 31.6 Å². The minimum absolute atomic E-state index is 0.365. The molecule has 1 heterocycles. The zero-order valence-corrected chi connectivity index (χ0v) is 12.8. The molecule has 0 radical (unpaired) electrons. The molecule has 20 heavy (non-hydrogen) atoms. The van der Waals surface area contributed by atoms with Crippen molar-refractivity contribution < 1.29 is 4.74 Å². The molecule has 0 aromatic heterocycles. The van der Waals surface area contributed by atoms with Gasteiger partial charge >= 0.3 is 0 Å². The summed E-state index contributed by atoms with van der Waals surface area (Å²) in [6.45, 7) is 6.03. The highest BCUT2D eigenvalue weighted by Crippen LogP contribution is 2.27. The van der Waals surface area contributed by atoms with Crippen LogP contribution in [0.15, 0.2) is 24.3 Å². The van der Waals surface area contributed by atoms with Crippen LogP contribution in [0.4, 0.5) is 0 Å². The summed E-state index contributed by atoms with van der Waals surface area (Å²) in [6.07, 6.45) is 3.94. The van der Waals surface area contributed by atoms with Crippen LogP contribution in [0.5, 0.6) is 0 Å². The van der Waals surface area contributed by atoms with Gasteiger partial charge in [-0.1, -0.05) is 37.6 Å². The SMILES string of the molecule is CCC1CCN(C(CN)c2ccc(COC)cc2)CC1. The molecule has 3 nitrogen and oxygen atoms in total. The third kappa shape index (κ3) is 3.81. The fraction of sp³-hybridized carbons (Fsp3) is 0.647. The minimum Gasteiger partial charge on any atom is -0.380 e. The second-order valence-corrected chi connectivity index (χ2v) is 5.81. The number of rotatable bonds is 6. The lowest BCUT2D eigenvalue weighted by atomic mass is 9.92. The highest BCUT2D eigenvalue weighted by Gasteiger charge is 2.24. The van der Waals surface area contributed by atoms with E-state index in [1.165, 1.54) is 43.5 Å². The summed E-state index contributed by atoms with van der Waals surface area (Å²) < 4.78 is 5.16. The molecule has 3 heteroatoms. The molecule has 0 saturated carbocycles. The first-order valence-corrected chi connectivity index (χ1v) is 7.80. The minimum atomic E-state index is 0.365. The van der Waals surface area contributed by atoms with Gasteiger partial charge in [-0.25, -0.2) is 0 Å². The summed E-state index contributed by atoms with van der Waals surface area (Å²) in [5.41, 5.74) is 8.59.